The van der Waals surface area contributed by atoms with Gasteiger partial charge in [-0.25, -0.2) is 0 Å². The molecule has 0 bridgehead atoms. The fraction of sp³-hybridized carbons (Fsp3) is 0.667. The molecule has 0 radical (unpaired) electrons. The van der Waals surface area contributed by atoms with Crippen LogP contribution in [0.3, 0.4) is 0 Å². The summed E-state index contributed by atoms with van der Waals surface area (Å²) in [5.74, 6) is 3.58. The van der Waals surface area contributed by atoms with E-state index in [9.17, 15) is 0 Å². The zero-order valence-electron chi connectivity index (χ0n) is 18.3. The van der Waals surface area contributed by atoms with Crippen LogP contribution in [0, 0.1) is 5.92 Å². The first-order valence-corrected chi connectivity index (χ1v) is 9.94. The molecule has 7 heteroatoms. The van der Waals surface area contributed by atoms with Crippen LogP contribution >= 0.6 is 0 Å². The van der Waals surface area contributed by atoms with E-state index >= 15 is 0 Å². The van der Waals surface area contributed by atoms with Gasteiger partial charge in [0.2, 0.25) is 0 Å². The lowest BCUT2D eigenvalue weighted by atomic mass is 10.1. The molecule has 7 nitrogen and oxygen atoms in total. The smallest absolute Gasteiger partial charge is 0.191 e. The highest BCUT2D eigenvalue weighted by Crippen LogP contribution is 2.34. The molecule has 0 unspecified atom stereocenters. The molecule has 28 heavy (non-hydrogen) atoms. The van der Waals surface area contributed by atoms with E-state index in [1.807, 2.05) is 12.1 Å². The zero-order chi connectivity index (χ0) is 20.8. The van der Waals surface area contributed by atoms with E-state index in [0.717, 1.165) is 62.2 Å². The average molecular weight is 396 g/mol. The van der Waals surface area contributed by atoms with Crippen LogP contribution in [0.1, 0.15) is 32.8 Å². The van der Waals surface area contributed by atoms with Crippen molar-refractivity contribution in [3.05, 3.63) is 17.7 Å². The highest BCUT2D eigenvalue weighted by Gasteiger charge is 2.13. The predicted octanol–water partition coefficient (Wildman–Crippen LogP) is 2.87. The summed E-state index contributed by atoms with van der Waals surface area (Å²) in [7, 11) is 4.93. The molecule has 0 fully saturated rings. The normalized spacial score (nSPS) is 11.5. The Hall–Kier alpha value is -2.15. The molecule has 1 rings (SSSR count). The van der Waals surface area contributed by atoms with Gasteiger partial charge in [-0.15, -0.1) is 0 Å². The second kappa shape index (κ2) is 13.9. The number of nitrogens with one attached hydrogen (secondary N) is 2. The van der Waals surface area contributed by atoms with E-state index in [2.05, 4.69) is 36.4 Å². The third kappa shape index (κ3) is 8.69. The second-order valence-electron chi connectivity index (χ2n) is 6.77. The summed E-state index contributed by atoms with van der Waals surface area (Å²) in [5.41, 5.74) is 0.997. The van der Waals surface area contributed by atoms with E-state index < -0.39 is 0 Å². The third-order valence-corrected chi connectivity index (χ3v) is 4.00. The van der Waals surface area contributed by atoms with Gasteiger partial charge in [0.05, 0.1) is 21.3 Å². The lowest BCUT2D eigenvalue weighted by Crippen LogP contribution is -2.38. The Morgan fingerprint density at radius 3 is 2.25 bits per heavy atom. The molecule has 0 atom stereocenters. The lowest BCUT2D eigenvalue weighted by Gasteiger charge is -2.16. The lowest BCUT2D eigenvalue weighted by molar-refractivity contribution is 0.109. The average Bonchev–Trinajstić information content (AvgIpc) is 2.69. The van der Waals surface area contributed by atoms with Gasteiger partial charge in [0.25, 0.3) is 0 Å². The summed E-state index contributed by atoms with van der Waals surface area (Å²) in [6.45, 7) is 10.1. The largest absolute Gasteiger partial charge is 0.496 e. The summed E-state index contributed by atoms with van der Waals surface area (Å²) >= 11 is 0. The minimum Gasteiger partial charge on any atom is -0.496 e. The molecule has 2 N–H and O–H groups in total. The Kier molecular flexibility index (Phi) is 11.9. The summed E-state index contributed by atoms with van der Waals surface area (Å²) in [6.07, 6.45) is 1.64. The number of rotatable bonds is 13. The van der Waals surface area contributed by atoms with Gasteiger partial charge < -0.3 is 29.6 Å². The maximum absolute atomic E-state index is 5.60. The van der Waals surface area contributed by atoms with Crippen molar-refractivity contribution >= 4 is 5.96 Å². The Morgan fingerprint density at radius 1 is 1.04 bits per heavy atom. The van der Waals surface area contributed by atoms with Gasteiger partial charge in [-0.3, -0.25) is 4.99 Å². The number of guanidine groups is 1. The van der Waals surface area contributed by atoms with E-state index in [1.54, 1.807) is 21.3 Å². The molecule has 0 spiro atoms. The first kappa shape index (κ1) is 23.9. The molecule has 160 valence electrons. The highest BCUT2D eigenvalue weighted by atomic mass is 16.5. The van der Waals surface area contributed by atoms with Crippen LogP contribution in [0.2, 0.25) is 0 Å². The van der Waals surface area contributed by atoms with E-state index in [1.165, 1.54) is 0 Å². The van der Waals surface area contributed by atoms with E-state index in [-0.39, 0.29) is 0 Å². The first-order chi connectivity index (χ1) is 13.5. The van der Waals surface area contributed by atoms with Crippen LogP contribution in [0.25, 0.3) is 0 Å². The Bertz CT molecular complexity index is 566. The van der Waals surface area contributed by atoms with Crippen LogP contribution in [-0.4, -0.2) is 60.1 Å². The second-order valence-corrected chi connectivity index (χ2v) is 6.77. The van der Waals surface area contributed by atoms with Gasteiger partial charge in [0.15, 0.2) is 5.96 Å². The van der Waals surface area contributed by atoms with Crippen molar-refractivity contribution in [2.24, 2.45) is 10.9 Å². The maximum Gasteiger partial charge on any atom is 0.191 e. The molecule has 1 aromatic carbocycles. The molecule has 0 saturated carbocycles. The summed E-state index contributed by atoms with van der Waals surface area (Å²) in [5, 5.41) is 6.63. The van der Waals surface area contributed by atoms with Crippen molar-refractivity contribution in [1.82, 2.24) is 10.6 Å². The van der Waals surface area contributed by atoms with Gasteiger partial charge in [-0.05, 0) is 25.7 Å². The number of hydrogen-bond acceptors (Lipinski definition) is 5. The van der Waals surface area contributed by atoms with Crippen LogP contribution in [0.4, 0.5) is 0 Å². The number of benzene rings is 1. The number of nitrogens with zero attached hydrogens (tertiary/aromatic N) is 1. The topological polar surface area (TPSA) is 73.3 Å². The Balaban J connectivity index is 2.59. The van der Waals surface area contributed by atoms with Crippen LogP contribution in [0.15, 0.2) is 17.1 Å². The van der Waals surface area contributed by atoms with Crippen molar-refractivity contribution in [3.8, 4) is 17.2 Å². The van der Waals surface area contributed by atoms with Crippen LogP contribution < -0.4 is 24.8 Å². The third-order valence-electron chi connectivity index (χ3n) is 4.00. The number of aliphatic imine (C=N–C) groups is 1. The Labute approximate surface area is 169 Å². The van der Waals surface area contributed by atoms with Crippen molar-refractivity contribution in [2.45, 2.75) is 33.6 Å². The van der Waals surface area contributed by atoms with Gasteiger partial charge in [-0.2, -0.15) is 0 Å². The number of ether oxygens (including phenoxy) is 4. The molecule has 1 aromatic rings. The minimum atomic E-state index is 0.564. The molecule has 0 heterocycles. The molecule has 0 aliphatic heterocycles. The van der Waals surface area contributed by atoms with Gasteiger partial charge in [-0.1, -0.05) is 13.8 Å². The summed E-state index contributed by atoms with van der Waals surface area (Å²) < 4.78 is 21.9. The molecule has 0 aliphatic rings. The SMILES string of the molecule is CCNC(=NCCCOCC(C)C)NCCc1c(OC)cc(OC)cc1OC. The molecular weight excluding hydrogens is 358 g/mol. The quantitative estimate of drug-likeness (QED) is 0.304. The van der Waals surface area contributed by atoms with Crippen LogP contribution in [0.5, 0.6) is 17.2 Å². The Morgan fingerprint density at radius 2 is 1.71 bits per heavy atom. The van der Waals surface area contributed by atoms with Crippen LogP contribution in [-0.2, 0) is 11.2 Å². The van der Waals surface area contributed by atoms with Crippen molar-refractivity contribution in [2.75, 3.05) is 54.2 Å². The standard InChI is InChI=1S/C21H37N3O4/c1-7-22-21(23-10-8-12-28-15-16(2)3)24-11-9-18-19(26-5)13-17(25-4)14-20(18)27-6/h13-14,16H,7-12,15H2,1-6H3,(H2,22,23,24). The molecule has 0 saturated heterocycles. The molecule has 0 aromatic heterocycles. The number of methoxy groups -OCH3 is 3. The molecule has 0 aliphatic carbocycles. The predicted molar refractivity (Wildman–Crippen MR) is 114 cm³/mol. The fourth-order valence-electron chi connectivity index (χ4n) is 2.65. The van der Waals surface area contributed by atoms with Gasteiger partial charge in [0.1, 0.15) is 17.2 Å². The molecule has 0 amide bonds. The van der Waals surface area contributed by atoms with Gasteiger partial charge >= 0.3 is 0 Å². The maximum atomic E-state index is 5.60. The first-order valence-electron chi connectivity index (χ1n) is 9.94. The highest BCUT2D eigenvalue weighted by molar-refractivity contribution is 5.79. The summed E-state index contributed by atoms with van der Waals surface area (Å²) in [4.78, 5) is 4.61. The molecular formula is C21H37N3O4. The van der Waals surface area contributed by atoms with Crippen molar-refractivity contribution < 1.29 is 18.9 Å². The minimum absolute atomic E-state index is 0.564. The van der Waals surface area contributed by atoms with Crippen molar-refractivity contribution in [1.29, 1.82) is 0 Å². The van der Waals surface area contributed by atoms with Crippen molar-refractivity contribution in [3.63, 3.8) is 0 Å². The number of hydrogen-bond donors (Lipinski definition) is 2. The van der Waals surface area contributed by atoms with E-state index in [0.29, 0.717) is 18.2 Å². The summed E-state index contributed by atoms with van der Waals surface area (Å²) in [6, 6.07) is 3.74. The van der Waals surface area contributed by atoms with E-state index in [4.69, 9.17) is 18.9 Å². The van der Waals surface area contributed by atoms with Gasteiger partial charge in [0, 0.05) is 50.5 Å². The fourth-order valence-corrected chi connectivity index (χ4v) is 2.65. The monoisotopic (exact) mass is 395 g/mol. The zero-order valence-corrected chi connectivity index (χ0v) is 18.3.